The molecule has 1 aliphatic rings. The first-order valence-corrected chi connectivity index (χ1v) is 5.70. The van der Waals surface area contributed by atoms with Gasteiger partial charge in [0, 0.05) is 5.70 Å². The maximum atomic E-state index is 11.3. The predicted octanol–water partition coefficient (Wildman–Crippen LogP) is 1.27. The van der Waals surface area contributed by atoms with Gasteiger partial charge >= 0.3 is 5.97 Å². The minimum Gasteiger partial charge on any atom is -0.508 e. The summed E-state index contributed by atoms with van der Waals surface area (Å²) in [7, 11) is 0. The van der Waals surface area contributed by atoms with Gasteiger partial charge < -0.3 is 20.8 Å². The van der Waals surface area contributed by atoms with Crippen LogP contribution in [-0.4, -0.2) is 21.3 Å². The highest BCUT2D eigenvalue weighted by molar-refractivity contribution is 7.80. The first kappa shape index (κ1) is 12.4. The first-order chi connectivity index (χ1) is 8.49. The number of aromatic hydroxyl groups is 1. The van der Waals surface area contributed by atoms with Gasteiger partial charge in [0.2, 0.25) is 0 Å². The number of rotatable bonds is 2. The van der Waals surface area contributed by atoms with Crippen molar-refractivity contribution in [1.29, 1.82) is 0 Å². The molecule has 0 aromatic heterocycles. The Morgan fingerprint density at radius 2 is 1.94 bits per heavy atom. The van der Waals surface area contributed by atoms with E-state index < -0.39 is 12.0 Å². The number of thiocarbonyl (C=S) groups is 1. The molecule has 0 bridgehead atoms. The van der Waals surface area contributed by atoms with Gasteiger partial charge in [0.1, 0.15) is 5.75 Å². The molecular weight excluding hydrogens is 252 g/mol. The maximum Gasteiger partial charge on any atom is 0.335 e. The van der Waals surface area contributed by atoms with Crippen LogP contribution in [0.3, 0.4) is 0 Å². The van der Waals surface area contributed by atoms with Crippen LogP contribution in [0.5, 0.6) is 5.75 Å². The van der Waals surface area contributed by atoms with Crippen molar-refractivity contribution in [2.45, 2.75) is 13.0 Å². The Morgan fingerprint density at radius 1 is 1.33 bits per heavy atom. The maximum absolute atomic E-state index is 11.3. The van der Waals surface area contributed by atoms with Crippen LogP contribution in [-0.2, 0) is 4.79 Å². The molecule has 4 N–H and O–H groups in total. The number of nitrogens with one attached hydrogen (secondary N) is 2. The SMILES string of the molecule is CC1=C(C(=O)O)C(c2ccc(O)cc2)NC(=S)N1. The fraction of sp³-hybridized carbons (Fsp3) is 0.167. The van der Waals surface area contributed by atoms with Crippen molar-refractivity contribution in [2.24, 2.45) is 0 Å². The molecule has 1 aromatic rings. The average molecular weight is 264 g/mol. The summed E-state index contributed by atoms with van der Waals surface area (Å²) < 4.78 is 0. The van der Waals surface area contributed by atoms with E-state index in [4.69, 9.17) is 12.2 Å². The Kier molecular flexibility index (Phi) is 3.20. The van der Waals surface area contributed by atoms with E-state index in [2.05, 4.69) is 10.6 Å². The van der Waals surface area contributed by atoms with Crippen molar-refractivity contribution in [1.82, 2.24) is 10.6 Å². The van der Waals surface area contributed by atoms with Crippen LogP contribution in [0.15, 0.2) is 35.5 Å². The van der Waals surface area contributed by atoms with Gasteiger partial charge in [-0.05, 0) is 36.8 Å². The molecule has 2 rings (SSSR count). The number of hydrogen-bond acceptors (Lipinski definition) is 3. The summed E-state index contributed by atoms with van der Waals surface area (Å²) in [5.74, 6) is -0.874. The molecule has 0 aliphatic carbocycles. The van der Waals surface area contributed by atoms with Crippen molar-refractivity contribution in [3.8, 4) is 5.75 Å². The predicted molar refractivity (Wildman–Crippen MR) is 70.1 cm³/mol. The lowest BCUT2D eigenvalue weighted by atomic mass is 9.96. The highest BCUT2D eigenvalue weighted by Crippen LogP contribution is 2.27. The summed E-state index contributed by atoms with van der Waals surface area (Å²) in [6, 6.07) is 5.83. The molecule has 0 fully saturated rings. The third kappa shape index (κ3) is 2.28. The zero-order valence-electron chi connectivity index (χ0n) is 9.60. The molecule has 1 atom stereocenters. The van der Waals surface area contributed by atoms with Crippen molar-refractivity contribution < 1.29 is 15.0 Å². The van der Waals surface area contributed by atoms with Gasteiger partial charge in [-0.25, -0.2) is 4.79 Å². The fourth-order valence-electron chi connectivity index (χ4n) is 1.89. The number of carbonyl (C=O) groups is 1. The summed E-state index contributed by atoms with van der Waals surface area (Å²) in [6.45, 7) is 1.67. The highest BCUT2D eigenvalue weighted by atomic mass is 32.1. The molecule has 0 saturated carbocycles. The van der Waals surface area contributed by atoms with E-state index in [1.165, 1.54) is 12.1 Å². The molecule has 1 aromatic carbocycles. The van der Waals surface area contributed by atoms with Crippen molar-refractivity contribution >= 4 is 23.3 Å². The molecule has 1 heterocycles. The average Bonchev–Trinajstić information content (AvgIpc) is 2.28. The number of allylic oxidation sites excluding steroid dienone is 1. The van der Waals surface area contributed by atoms with E-state index in [0.29, 0.717) is 10.8 Å². The van der Waals surface area contributed by atoms with Crippen LogP contribution in [0.1, 0.15) is 18.5 Å². The van der Waals surface area contributed by atoms with Gasteiger partial charge in [0.15, 0.2) is 5.11 Å². The third-order valence-corrected chi connectivity index (χ3v) is 2.95. The zero-order valence-corrected chi connectivity index (χ0v) is 10.4. The van der Waals surface area contributed by atoms with Gasteiger partial charge in [-0.2, -0.15) is 0 Å². The largest absolute Gasteiger partial charge is 0.508 e. The number of carboxylic acids is 1. The molecule has 18 heavy (non-hydrogen) atoms. The van der Waals surface area contributed by atoms with Crippen LogP contribution in [0.2, 0.25) is 0 Å². The van der Waals surface area contributed by atoms with E-state index in [0.717, 1.165) is 5.56 Å². The topological polar surface area (TPSA) is 81.6 Å². The molecule has 5 nitrogen and oxygen atoms in total. The summed E-state index contributed by atoms with van der Waals surface area (Å²) in [4.78, 5) is 11.3. The minimum atomic E-state index is -1.01. The normalized spacial score (nSPS) is 19.2. The highest BCUT2D eigenvalue weighted by Gasteiger charge is 2.29. The smallest absolute Gasteiger partial charge is 0.335 e. The van der Waals surface area contributed by atoms with Crippen LogP contribution in [0, 0.1) is 0 Å². The fourth-order valence-corrected chi connectivity index (χ4v) is 2.17. The molecule has 6 heteroatoms. The summed E-state index contributed by atoms with van der Waals surface area (Å²) in [5.41, 5.74) is 1.46. The second-order valence-corrected chi connectivity index (χ2v) is 4.38. The Hall–Kier alpha value is -2.08. The number of aliphatic carboxylic acids is 1. The number of benzene rings is 1. The van der Waals surface area contributed by atoms with E-state index in [1.54, 1.807) is 19.1 Å². The summed E-state index contributed by atoms with van der Waals surface area (Å²) >= 11 is 5.03. The van der Waals surface area contributed by atoms with Crippen LogP contribution in [0.4, 0.5) is 0 Å². The molecule has 0 spiro atoms. The number of phenolic OH excluding ortho intramolecular Hbond substituents is 1. The van der Waals surface area contributed by atoms with Crippen LogP contribution in [0.25, 0.3) is 0 Å². The van der Waals surface area contributed by atoms with Crippen molar-refractivity contribution in [2.75, 3.05) is 0 Å². The van der Waals surface area contributed by atoms with E-state index in [9.17, 15) is 15.0 Å². The second-order valence-electron chi connectivity index (χ2n) is 3.97. The lowest BCUT2D eigenvalue weighted by Gasteiger charge is -2.28. The molecular formula is C12H12N2O3S. The lowest BCUT2D eigenvalue weighted by Crippen LogP contribution is -2.44. The standard InChI is InChI=1S/C12H12N2O3S/c1-6-9(11(16)17)10(14-12(18)13-6)7-2-4-8(15)5-3-7/h2-5,10,15H,1H3,(H,16,17)(H2,13,14,18). The Balaban J connectivity index is 2.46. The molecule has 1 aliphatic heterocycles. The van der Waals surface area contributed by atoms with Gasteiger partial charge in [-0.15, -0.1) is 0 Å². The Morgan fingerprint density at radius 3 is 2.50 bits per heavy atom. The Bertz CT molecular complexity index is 537. The third-order valence-electron chi connectivity index (χ3n) is 2.73. The van der Waals surface area contributed by atoms with Gasteiger partial charge in [-0.1, -0.05) is 12.1 Å². The van der Waals surface area contributed by atoms with Gasteiger partial charge in [-0.3, -0.25) is 0 Å². The molecule has 0 saturated heterocycles. The second kappa shape index (κ2) is 4.66. The van der Waals surface area contributed by atoms with Gasteiger partial charge in [0.25, 0.3) is 0 Å². The van der Waals surface area contributed by atoms with Crippen LogP contribution >= 0.6 is 12.2 Å². The van der Waals surface area contributed by atoms with E-state index in [1.807, 2.05) is 0 Å². The van der Waals surface area contributed by atoms with Gasteiger partial charge in [0.05, 0.1) is 11.6 Å². The summed E-state index contributed by atoms with van der Waals surface area (Å²) in [5, 5.41) is 24.6. The molecule has 1 unspecified atom stereocenters. The lowest BCUT2D eigenvalue weighted by molar-refractivity contribution is -0.133. The number of carboxylic acid groups (broad SMARTS) is 1. The van der Waals surface area contributed by atoms with E-state index in [-0.39, 0.29) is 11.3 Å². The van der Waals surface area contributed by atoms with Crippen molar-refractivity contribution in [3.05, 3.63) is 41.1 Å². The Labute approximate surface area is 109 Å². The minimum absolute atomic E-state index is 0.132. The molecule has 0 amide bonds. The monoisotopic (exact) mass is 264 g/mol. The molecule has 0 radical (unpaired) electrons. The summed E-state index contributed by atoms with van der Waals surface area (Å²) in [6.07, 6.45) is 0. The number of hydrogen-bond donors (Lipinski definition) is 4. The zero-order chi connectivity index (χ0) is 13.3. The van der Waals surface area contributed by atoms with Crippen LogP contribution < -0.4 is 10.6 Å². The molecule has 94 valence electrons. The van der Waals surface area contributed by atoms with E-state index >= 15 is 0 Å². The van der Waals surface area contributed by atoms with Crippen molar-refractivity contribution in [3.63, 3.8) is 0 Å². The number of phenols is 1. The quantitative estimate of drug-likeness (QED) is 0.602. The first-order valence-electron chi connectivity index (χ1n) is 5.29.